The summed E-state index contributed by atoms with van der Waals surface area (Å²) in [5.74, 6) is 0. The van der Waals surface area contributed by atoms with Crippen LogP contribution in [0.15, 0.2) is 17.3 Å². The van der Waals surface area contributed by atoms with Gasteiger partial charge < -0.3 is 0 Å². The van der Waals surface area contributed by atoms with Crippen LogP contribution in [0.5, 0.6) is 0 Å². The maximum absolute atomic E-state index is 3.40. The summed E-state index contributed by atoms with van der Waals surface area (Å²) >= 11 is 0. The SMILES string of the molecule is CC(C)(C)[Si](C)(C)C1=[C]C=CC1. The Morgan fingerprint density at radius 3 is 2.25 bits per heavy atom. The number of hydrogen-bond donors (Lipinski definition) is 0. The van der Waals surface area contributed by atoms with E-state index in [-0.39, 0.29) is 0 Å². The van der Waals surface area contributed by atoms with E-state index in [4.69, 9.17) is 0 Å². The first kappa shape index (κ1) is 9.78. The van der Waals surface area contributed by atoms with Gasteiger partial charge in [-0.25, -0.2) is 0 Å². The highest BCUT2D eigenvalue weighted by Crippen LogP contribution is 2.42. The van der Waals surface area contributed by atoms with Crippen molar-refractivity contribution in [3.63, 3.8) is 0 Å². The van der Waals surface area contributed by atoms with Crippen molar-refractivity contribution in [3.8, 4) is 0 Å². The fraction of sp³-hybridized carbons (Fsp3) is 0.636. The van der Waals surface area contributed by atoms with Crippen LogP contribution in [0.4, 0.5) is 0 Å². The molecule has 12 heavy (non-hydrogen) atoms. The lowest BCUT2D eigenvalue weighted by atomic mass is 10.2. The average molecular weight is 179 g/mol. The topological polar surface area (TPSA) is 0 Å². The second-order valence-corrected chi connectivity index (χ2v) is 10.5. The smallest absolute Gasteiger partial charge is 0.0802 e. The quantitative estimate of drug-likeness (QED) is 0.538. The van der Waals surface area contributed by atoms with Crippen molar-refractivity contribution < 1.29 is 0 Å². The van der Waals surface area contributed by atoms with E-state index in [2.05, 4.69) is 52.1 Å². The van der Waals surface area contributed by atoms with Gasteiger partial charge in [0.15, 0.2) is 0 Å². The third kappa shape index (κ3) is 1.56. The van der Waals surface area contributed by atoms with Crippen LogP contribution in [-0.4, -0.2) is 8.07 Å². The van der Waals surface area contributed by atoms with Crippen molar-refractivity contribution in [2.45, 2.75) is 45.3 Å². The molecule has 0 aromatic carbocycles. The molecule has 0 atom stereocenters. The van der Waals surface area contributed by atoms with Gasteiger partial charge >= 0.3 is 0 Å². The monoisotopic (exact) mass is 179 g/mol. The molecule has 0 bridgehead atoms. The molecule has 0 spiro atoms. The number of hydrogen-bond acceptors (Lipinski definition) is 0. The Labute approximate surface area is 77.4 Å². The van der Waals surface area contributed by atoms with Gasteiger partial charge in [-0.1, -0.05) is 51.2 Å². The minimum absolute atomic E-state index is 0.460. The summed E-state index contributed by atoms with van der Waals surface area (Å²) in [5.41, 5.74) is 0. The fourth-order valence-corrected chi connectivity index (χ4v) is 3.26. The third-order valence-corrected chi connectivity index (χ3v) is 8.93. The molecule has 0 fully saturated rings. The lowest BCUT2D eigenvalue weighted by Gasteiger charge is -2.38. The van der Waals surface area contributed by atoms with Crippen molar-refractivity contribution in [2.24, 2.45) is 0 Å². The first-order valence-electron chi connectivity index (χ1n) is 4.63. The molecule has 0 saturated heterocycles. The molecule has 0 aromatic heterocycles. The lowest BCUT2D eigenvalue weighted by Crippen LogP contribution is -2.39. The van der Waals surface area contributed by atoms with E-state index in [0.29, 0.717) is 5.04 Å². The fourth-order valence-electron chi connectivity index (χ4n) is 1.28. The predicted octanol–water partition coefficient (Wildman–Crippen LogP) is 3.72. The highest BCUT2D eigenvalue weighted by molar-refractivity contribution is 6.86. The Bertz CT molecular complexity index is 226. The molecule has 1 rings (SSSR count). The zero-order valence-corrected chi connectivity index (χ0v) is 9.86. The molecule has 0 unspecified atom stereocenters. The van der Waals surface area contributed by atoms with Gasteiger partial charge in [0.05, 0.1) is 8.07 Å². The molecule has 0 aromatic rings. The normalized spacial score (nSPS) is 18.2. The van der Waals surface area contributed by atoms with Crippen LogP contribution in [0.2, 0.25) is 18.1 Å². The van der Waals surface area contributed by atoms with Crippen molar-refractivity contribution in [1.29, 1.82) is 0 Å². The summed E-state index contributed by atoms with van der Waals surface area (Å²) in [5, 5.41) is 2.04. The molecule has 0 saturated carbocycles. The van der Waals surface area contributed by atoms with Crippen LogP contribution >= 0.6 is 0 Å². The highest BCUT2D eigenvalue weighted by atomic mass is 28.3. The Balaban J connectivity index is 2.86. The molecular weight excluding hydrogens is 160 g/mol. The van der Waals surface area contributed by atoms with Gasteiger partial charge in [0.2, 0.25) is 0 Å². The molecule has 1 radical (unpaired) electrons. The molecule has 0 heterocycles. The molecule has 0 amide bonds. The summed E-state index contributed by atoms with van der Waals surface area (Å²) in [6.45, 7) is 12.0. The molecular formula is C11H19Si. The summed E-state index contributed by atoms with van der Waals surface area (Å²) in [6, 6.07) is 0. The van der Waals surface area contributed by atoms with Gasteiger partial charge in [0.1, 0.15) is 0 Å². The van der Waals surface area contributed by atoms with Crippen LogP contribution in [0.1, 0.15) is 27.2 Å². The summed E-state index contributed by atoms with van der Waals surface area (Å²) in [6.07, 6.45) is 8.85. The Hall–Kier alpha value is -0.303. The second-order valence-electron chi connectivity index (χ2n) is 5.10. The van der Waals surface area contributed by atoms with E-state index in [1.807, 2.05) is 0 Å². The minimum Gasteiger partial charge on any atom is -0.0802 e. The molecule has 1 aliphatic rings. The maximum atomic E-state index is 3.40. The zero-order valence-electron chi connectivity index (χ0n) is 8.86. The van der Waals surface area contributed by atoms with Gasteiger partial charge in [-0.2, -0.15) is 0 Å². The second kappa shape index (κ2) is 2.88. The molecule has 0 nitrogen and oxygen atoms in total. The van der Waals surface area contributed by atoms with Crippen molar-refractivity contribution in [1.82, 2.24) is 0 Å². The van der Waals surface area contributed by atoms with E-state index >= 15 is 0 Å². The summed E-state index contributed by atoms with van der Waals surface area (Å²) < 4.78 is 0. The Kier molecular flexibility index (Phi) is 2.35. The third-order valence-electron chi connectivity index (χ3n) is 3.33. The predicted molar refractivity (Wildman–Crippen MR) is 57.7 cm³/mol. The number of rotatable bonds is 1. The zero-order chi connectivity index (χ0) is 9.41. The minimum atomic E-state index is -1.23. The van der Waals surface area contributed by atoms with E-state index in [1.165, 1.54) is 0 Å². The molecule has 67 valence electrons. The van der Waals surface area contributed by atoms with Crippen LogP contribution in [0.25, 0.3) is 0 Å². The van der Waals surface area contributed by atoms with E-state index < -0.39 is 8.07 Å². The van der Waals surface area contributed by atoms with Crippen LogP contribution < -0.4 is 0 Å². The highest BCUT2D eigenvalue weighted by Gasteiger charge is 2.38. The van der Waals surface area contributed by atoms with Crippen LogP contribution in [0, 0.1) is 6.08 Å². The molecule has 0 aliphatic heterocycles. The lowest BCUT2D eigenvalue weighted by molar-refractivity contribution is 0.723. The first-order chi connectivity index (χ1) is 5.36. The maximum Gasteiger partial charge on any atom is 0.0819 e. The van der Waals surface area contributed by atoms with E-state index in [9.17, 15) is 0 Å². The van der Waals surface area contributed by atoms with Crippen molar-refractivity contribution >= 4 is 8.07 Å². The Morgan fingerprint density at radius 2 is 1.92 bits per heavy atom. The van der Waals surface area contributed by atoms with E-state index in [1.54, 1.807) is 5.20 Å². The van der Waals surface area contributed by atoms with Crippen LogP contribution in [-0.2, 0) is 0 Å². The molecule has 0 N–H and O–H groups in total. The van der Waals surface area contributed by atoms with Crippen molar-refractivity contribution in [2.75, 3.05) is 0 Å². The van der Waals surface area contributed by atoms with Crippen LogP contribution in [0.3, 0.4) is 0 Å². The van der Waals surface area contributed by atoms with Gasteiger partial charge in [-0.3, -0.25) is 0 Å². The Morgan fingerprint density at radius 1 is 1.33 bits per heavy atom. The van der Waals surface area contributed by atoms with Crippen molar-refractivity contribution in [3.05, 3.63) is 23.4 Å². The average Bonchev–Trinajstić information content (AvgIpc) is 2.34. The summed E-state index contributed by atoms with van der Waals surface area (Å²) in [7, 11) is -1.23. The van der Waals surface area contributed by atoms with Gasteiger partial charge in [0, 0.05) is 0 Å². The first-order valence-corrected chi connectivity index (χ1v) is 7.63. The van der Waals surface area contributed by atoms with Gasteiger partial charge in [-0.15, -0.1) is 0 Å². The largest absolute Gasteiger partial charge is 0.0819 e. The standard InChI is InChI=1S/C11H19Si/c1-11(2,3)12(4,5)10-8-6-7-9-10/h6-7H,8H2,1-5H3. The molecule has 1 aliphatic carbocycles. The van der Waals surface area contributed by atoms with E-state index in [0.717, 1.165) is 6.42 Å². The molecule has 1 heteroatoms. The van der Waals surface area contributed by atoms with Gasteiger partial charge in [-0.05, 0) is 17.5 Å². The number of allylic oxidation sites excluding steroid dienone is 4. The van der Waals surface area contributed by atoms with Gasteiger partial charge in [0.25, 0.3) is 0 Å². The summed E-state index contributed by atoms with van der Waals surface area (Å²) in [4.78, 5) is 0.